The molecule has 2 nitrogen and oxygen atoms in total. The number of ether oxygens (including phenoxy) is 1. The van der Waals surface area contributed by atoms with Crippen molar-refractivity contribution in [3.63, 3.8) is 0 Å². The van der Waals surface area contributed by atoms with E-state index in [-0.39, 0.29) is 0 Å². The molecule has 0 heterocycles. The van der Waals surface area contributed by atoms with Gasteiger partial charge in [0.05, 0.1) is 0 Å². The molecule has 0 bridgehead atoms. The molecule has 0 aromatic rings. The van der Waals surface area contributed by atoms with E-state index in [2.05, 4.69) is 26.1 Å². The Hall–Kier alpha value is -0.0800. The fourth-order valence-corrected chi connectivity index (χ4v) is 1.89. The van der Waals surface area contributed by atoms with Crippen LogP contribution in [0.1, 0.15) is 59.3 Å². The number of unbranched alkanes of at least 4 members (excludes halogenated alkanes) is 1. The zero-order valence-electron chi connectivity index (χ0n) is 11.0. The predicted octanol–water partition coefficient (Wildman–Crippen LogP) is 3.36. The molecule has 0 aliphatic rings. The predicted molar refractivity (Wildman–Crippen MR) is 67.3 cm³/mol. The third-order valence-electron chi connectivity index (χ3n) is 2.82. The van der Waals surface area contributed by atoms with Crippen molar-refractivity contribution in [3.8, 4) is 0 Å². The van der Waals surface area contributed by atoms with E-state index in [1.54, 1.807) is 7.11 Å². The highest BCUT2D eigenvalue weighted by Gasteiger charge is 2.10. The first-order valence-corrected chi connectivity index (χ1v) is 6.49. The Morgan fingerprint density at radius 3 is 2.33 bits per heavy atom. The highest BCUT2D eigenvalue weighted by molar-refractivity contribution is 4.71. The molecule has 0 aliphatic carbocycles. The number of hydrogen-bond donors (Lipinski definition) is 1. The molecular formula is C13H29NO. The lowest BCUT2D eigenvalue weighted by Crippen LogP contribution is -2.37. The van der Waals surface area contributed by atoms with Gasteiger partial charge in [0.25, 0.3) is 0 Å². The van der Waals surface area contributed by atoms with Crippen molar-refractivity contribution in [2.75, 3.05) is 13.7 Å². The molecule has 0 saturated carbocycles. The van der Waals surface area contributed by atoms with Crippen molar-refractivity contribution in [1.82, 2.24) is 5.32 Å². The number of rotatable bonds is 10. The first-order chi connectivity index (χ1) is 7.24. The van der Waals surface area contributed by atoms with Gasteiger partial charge in [-0.1, -0.05) is 33.1 Å². The van der Waals surface area contributed by atoms with Crippen LogP contribution in [0.2, 0.25) is 0 Å². The molecule has 0 fully saturated rings. The lowest BCUT2D eigenvalue weighted by atomic mass is 10.0. The van der Waals surface area contributed by atoms with E-state index in [4.69, 9.17) is 4.74 Å². The van der Waals surface area contributed by atoms with Crippen LogP contribution in [-0.4, -0.2) is 25.8 Å². The summed E-state index contributed by atoms with van der Waals surface area (Å²) < 4.78 is 5.10. The molecule has 0 amide bonds. The molecule has 15 heavy (non-hydrogen) atoms. The summed E-state index contributed by atoms with van der Waals surface area (Å²) in [4.78, 5) is 0. The van der Waals surface area contributed by atoms with Gasteiger partial charge in [-0.3, -0.25) is 0 Å². The lowest BCUT2D eigenvalue weighted by Gasteiger charge is -2.22. The molecular weight excluding hydrogens is 186 g/mol. The highest BCUT2D eigenvalue weighted by Crippen LogP contribution is 2.08. The van der Waals surface area contributed by atoms with Gasteiger partial charge in [-0.25, -0.2) is 0 Å². The summed E-state index contributed by atoms with van der Waals surface area (Å²) in [5.74, 6) is 0. The van der Waals surface area contributed by atoms with E-state index in [1.807, 2.05) is 0 Å². The summed E-state index contributed by atoms with van der Waals surface area (Å²) in [6.07, 6.45) is 7.66. The van der Waals surface area contributed by atoms with Crippen molar-refractivity contribution in [2.24, 2.45) is 0 Å². The molecule has 0 aromatic carbocycles. The normalized spacial score (nSPS) is 15.2. The molecule has 0 rings (SSSR count). The van der Waals surface area contributed by atoms with Gasteiger partial charge in [0.1, 0.15) is 0 Å². The standard InChI is InChI=1S/C13H29NO/c1-5-7-9-13(8-6-2)14-12(3)10-11-15-4/h12-14H,5-11H2,1-4H3. The van der Waals surface area contributed by atoms with Gasteiger partial charge in [-0.2, -0.15) is 0 Å². The minimum Gasteiger partial charge on any atom is -0.385 e. The number of methoxy groups -OCH3 is 1. The smallest absolute Gasteiger partial charge is 0.0476 e. The highest BCUT2D eigenvalue weighted by atomic mass is 16.5. The largest absolute Gasteiger partial charge is 0.385 e. The topological polar surface area (TPSA) is 21.3 Å². The van der Waals surface area contributed by atoms with Crippen LogP contribution in [0.3, 0.4) is 0 Å². The maximum absolute atomic E-state index is 5.10. The van der Waals surface area contributed by atoms with Gasteiger partial charge < -0.3 is 10.1 Å². The number of nitrogens with one attached hydrogen (secondary N) is 1. The SMILES string of the molecule is CCCCC(CCC)NC(C)CCOC. The van der Waals surface area contributed by atoms with E-state index >= 15 is 0 Å². The third kappa shape index (κ3) is 8.88. The van der Waals surface area contributed by atoms with Crippen LogP contribution in [0.5, 0.6) is 0 Å². The van der Waals surface area contributed by atoms with Crippen LogP contribution in [-0.2, 0) is 4.74 Å². The summed E-state index contributed by atoms with van der Waals surface area (Å²) in [5.41, 5.74) is 0. The molecule has 1 N–H and O–H groups in total. The minimum absolute atomic E-state index is 0.582. The third-order valence-corrected chi connectivity index (χ3v) is 2.82. The first kappa shape index (κ1) is 14.9. The fraction of sp³-hybridized carbons (Fsp3) is 1.00. The first-order valence-electron chi connectivity index (χ1n) is 6.49. The van der Waals surface area contributed by atoms with Crippen molar-refractivity contribution in [1.29, 1.82) is 0 Å². The molecule has 2 atom stereocenters. The zero-order chi connectivity index (χ0) is 11.5. The van der Waals surface area contributed by atoms with E-state index < -0.39 is 0 Å². The van der Waals surface area contributed by atoms with E-state index in [0.717, 1.165) is 13.0 Å². The van der Waals surface area contributed by atoms with Crippen molar-refractivity contribution < 1.29 is 4.74 Å². The zero-order valence-corrected chi connectivity index (χ0v) is 11.0. The molecule has 92 valence electrons. The summed E-state index contributed by atoms with van der Waals surface area (Å²) in [5, 5.41) is 3.71. The minimum atomic E-state index is 0.582. The Labute approximate surface area is 95.8 Å². The number of hydrogen-bond acceptors (Lipinski definition) is 2. The summed E-state index contributed by atoms with van der Waals surface area (Å²) in [6.45, 7) is 7.65. The fourth-order valence-electron chi connectivity index (χ4n) is 1.89. The Morgan fingerprint density at radius 2 is 1.80 bits per heavy atom. The molecule has 0 radical (unpaired) electrons. The monoisotopic (exact) mass is 215 g/mol. The van der Waals surface area contributed by atoms with Gasteiger partial charge in [-0.15, -0.1) is 0 Å². The molecule has 0 saturated heterocycles. The van der Waals surface area contributed by atoms with Gasteiger partial charge in [0, 0.05) is 25.8 Å². The molecule has 0 aromatic heterocycles. The maximum Gasteiger partial charge on any atom is 0.0476 e. The second-order valence-electron chi connectivity index (χ2n) is 4.48. The molecule has 2 heteroatoms. The summed E-state index contributed by atoms with van der Waals surface area (Å²) in [6, 6.07) is 1.29. The summed E-state index contributed by atoms with van der Waals surface area (Å²) in [7, 11) is 1.77. The second kappa shape index (κ2) is 10.4. The van der Waals surface area contributed by atoms with Gasteiger partial charge in [0.15, 0.2) is 0 Å². The quantitative estimate of drug-likeness (QED) is 0.603. The average Bonchev–Trinajstić information content (AvgIpc) is 2.23. The van der Waals surface area contributed by atoms with E-state index in [0.29, 0.717) is 12.1 Å². The van der Waals surface area contributed by atoms with Crippen molar-refractivity contribution in [2.45, 2.75) is 71.4 Å². The van der Waals surface area contributed by atoms with Crippen molar-refractivity contribution >= 4 is 0 Å². The van der Waals surface area contributed by atoms with Crippen LogP contribution in [0.15, 0.2) is 0 Å². The van der Waals surface area contributed by atoms with E-state index in [9.17, 15) is 0 Å². The van der Waals surface area contributed by atoms with Crippen LogP contribution < -0.4 is 5.32 Å². The van der Waals surface area contributed by atoms with Gasteiger partial charge in [-0.05, 0) is 26.2 Å². The molecule has 0 spiro atoms. The van der Waals surface area contributed by atoms with Gasteiger partial charge >= 0.3 is 0 Å². The molecule has 0 aliphatic heterocycles. The van der Waals surface area contributed by atoms with Crippen molar-refractivity contribution in [3.05, 3.63) is 0 Å². The molecule has 2 unspecified atom stereocenters. The summed E-state index contributed by atoms with van der Waals surface area (Å²) >= 11 is 0. The van der Waals surface area contributed by atoms with Crippen LogP contribution >= 0.6 is 0 Å². The Bertz CT molecular complexity index is 128. The van der Waals surface area contributed by atoms with E-state index in [1.165, 1.54) is 32.1 Å². The maximum atomic E-state index is 5.10. The van der Waals surface area contributed by atoms with Crippen LogP contribution in [0.4, 0.5) is 0 Å². The lowest BCUT2D eigenvalue weighted by molar-refractivity contribution is 0.181. The second-order valence-corrected chi connectivity index (χ2v) is 4.48. The Morgan fingerprint density at radius 1 is 1.07 bits per heavy atom. The van der Waals surface area contributed by atoms with Crippen LogP contribution in [0.25, 0.3) is 0 Å². The average molecular weight is 215 g/mol. The Balaban J connectivity index is 3.70. The Kier molecular flexibility index (Phi) is 10.4. The van der Waals surface area contributed by atoms with Crippen LogP contribution in [0, 0.1) is 0 Å². The van der Waals surface area contributed by atoms with Gasteiger partial charge in [0.2, 0.25) is 0 Å².